The summed E-state index contributed by atoms with van der Waals surface area (Å²) in [7, 11) is 1.76. The molecule has 1 aliphatic rings. The molecule has 3 aromatic rings. The van der Waals surface area contributed by atoms with Crippen molar-refractivity contribution in [1.82, 2.24) is 15.6 Å². The summed E-state index contributed by atoms with van der Waals surface area (Å²) >= 11 is 0. The molecule has 2 aromatic carbocycles. The third-order valence-corrected chi connectivity index (χ3v) is 4.85. The highest BCUT2D eigenvalue weighted by atomic mass is 19.1. The minimum absolute atomic E-state index is 0.115. The van der Waals surface area contributed by atoms with E-state index in [0.717, 1.165) is 47.6 Å². The number of benzene rings is 2. The maximum absolute atomic E-state index is 13.3. The van der Waals surface area contributed by atoms with Crippen molar-refractivity contribution in [3.63, 3.8) is 0 Å². The first-order valence-corrected chi connectivity index (χ1v) is 9.17. The summed E-state index contributed by atoms with van der Waals surface area (Å²) in [5, 5.41) is 7.71. The van der Waals surface area contributed by atoms with E-state index >= 15 is 0 Å². The van der Waals surface area contributed by atoms with Crippen LogP contribution in [0.4, 0.5) is 4.39 Å². The average Bonchev–Trinajstić information content (AvgIpc) is 3.27. The third-order valence-electron chi connectivity index (χ3n) is 4.85. The zero-order chi connectivity index (χ0) is 18.6. The molecule has 0 fully saturated rings. The van der Waals surface area contributed by atoms with Crippen LogP contribution in [-0.4, -0.2) is 37.2 Å². The van der Waals surface area contributed by atoms with Gasteiger partial charge in [0.25, 0.3) is 0 Å². The van der Waals surface area contributed by atoms with Crippen molar-refractivity contribution in [2.24, 2.45) is 4.99 Å². The maximum atomic E-state index is 13.3. The molecule has 1 aliphatic heterocycles. The first kappa shape index (κ1) is 17.4. The molecular formula is C21H23FN4O. The van der Waals surface area contributed by atoms with Gasteiger partial charge in [-0.25, -0.2) is 4.39 Å². The fourth-order valence-electron chi connectivity index (χ4n) is 3.48. The molecule has 1 atom stereocenters. The van der Waals surface area contributed by atoms with Gasteiger partial charge in [-0.05, 0) is 41.8 Å². The molecule has 1 unspecified atom stereocenters. The summed E-state index contributed by atoms with van der Waals surface area (Å²) in [6.07, 6.45) is 3.78. The van der Waals surface area contributed by atoms with Crippen LogP contribution in [0.3, 0.4) is 0 Å². The molecule has 2 heterocycles. The zero-order valence-electron chi connectivity index (χ0n) is 15.3. The second-order valence-corrected chi connectivity index (χ2v) is 6.69. The van der Waals surface area contributed by atoms with E-state index in [9.17, 15) is 4.39 Å². The van der Waals surface area contributed by atoms with Crippen LogP contribution < -0.4 is 15.4 Å². The van der Waals surface area contributed by atoms with Crippen molar-refractivity contribution >= 4 is 16.9 Å². The van der Waals surface area contributed by atoms with Crippen LogP contribution in [0.2, 0.25) is 0 Å². The highest BCUT2D eigenvalue weighted by Gasteiger charge is 2.22. The number of H-pyrrole nitrogens is 1. The minimum Gasteiger partial charge on any atom is -0.488 e. The summed E-state index contributed by atoms with van der Waals surface area (Å²) in [6, 6.07) is 13.0. The molecule has 1 aromatic heterocycles. The largest absolute Gasteiger partial charge is 0.488 e. The Labute approximate surface area is 157 Å². The van der Waals surface area contributed by atoms with Gasteiger partial charge in [-0.1, -0.05) is 18.2 Å². The van der Waals surface area contributed by atoms with Gasteiger partial charge in [-0.3, -0.25) is 4.99 Å². The van der Waals surface area contributed by atoms with Gasteiger partial charge in [-0.15, -0.1) is 0 Å². The van der Waals surface area contributed by atoms with E-state index in [0.29, 0.717) is 6.54 Å². The van der Waals surface area contributed by atoms with Gasteiger partial charge in [0.15, 0.2) is 5.96 Å². The van der Waals surface area contributed by atoms with Crippen LogP contribution in [0.15, 0.2) is 53.7 Å². The molecule has 0 bridgehead atoms. The van der Waals surface area contributed by atoms with Gasteiger partial charge >= 0.3 is 0 Å². The Bertz CT molecular complexity index is 941. The molecule has 0 spiro atoms. The smallest absolute Gasteiger partial charge is 0.191 e. The number of hydrogen-bond donors (Lipinski definition) is 3. The number of guanidine groups is 1. The van der Waals surface area contributed by atoms with Gasteiger partial charge in [-0.2, -0.15) is 0 Å². The third kappa shape index (κ3) is 3.89. The normalized spacial score (nSPS) is 16.2. The molecule has 0 amide bonds. The number of fused-ring (bicyclic) bond motifs is 2. The molecule has 0 saturated carbocycles. The molecule has 0 saturated heterocycles. The van der Waals surface area contributed by atoms with Crippen LogP contribution in [-0.2, 0) is 12.8 Å². The second kappa shape index (κ2) is 7.70. The lowest BCUT2D eigenvalue weighted by Gasteiger charge is -2.15. The van der Waals surface area contributed by atoms with Crippen molar-refractivity contribution in [3.05, 3.63) is 65.6 Å². The molecule has 140 valence electrons. The number of rotatable bonds is 5. The standard InChI is InChI=1S/C21H23FN4O/c1-23-21(26-13-17-10-14-4-2-3-5-20(14)27-17)24-9-8-15-12-25-19-11-16(22)6-7-18(15)19/h2-7,11-12,17,25H,8-10,13H2,1H3,(H2,23,24,26). The molecule has 6 heteroatoms. The van der Waals surface area contributed by atoms with E-state index in [-0.39, 0.29) is 11.9 Å². The lowest BCUT2D eigenvalue weighted by molar-refractivity contribution is 0.235. The van der Waals surface area contributed by atoms with E-state index in [1.807, 2.05) is 30.5 Å². The minimum atomic E-state index is -0.227. The van der Waals surface area contributed by atoms with Crippen molar-refractivity contribution in [1.29, 1.82) is 0 Å². The number of aromatic amines is 1. The van der Waals surface area contributed by atoms with Crippen LogP contribution >= 0.6 is 0 Å². The summed E-state index contributed by atoms with van der Waals surface area (Å²) in [6.45, 7) is 1.43. The SMILES string of the molecule is CN=C(NCCc1c[nH]c2cc(F)ccc12)NCC1Cc2ccccc2O1. The van der Waals surface area contributed by atoms with Gasteiger partial charge < -0.3 is 20.4 Å². The van der Waals surface area contributed by atoms with Gasteiger partial charge in [0.1, 0.15) is 17.7 Å². The summed E-state index contributed by atoms with van der Waals surface area (Å²) in [5.41, 5.74) is 3.23. The van der Waals surface area contributed by atoms with Crippen LogP contribution in [0, 0.1) is 5.82 Å². The summed E-state index contributed by atoms with van der Waals surface area (Å²) in [5.74, 6) is 1.50. The first-order chi connectivity index (χ1) is 13.2. The Morgan fingerprint density at radius 2 is 2.15 bits per heavy atom. The Kier molecular flexibility index (Phi) is 4.96. The number of aromatic nitrogens is 1. The fraction of sp³-hybridized carbons (Fsp3) is 0.286. The number of halogens is 1. The second-order valence-electron chi connectivity index (χ2n) is 6.69. The van der Waals surface area contributed by atoms with E-state index in [4.69, 9.17) is 4.74 Å². The summed E-state index contributed by atoms with van der Waals surface area (Å²) in [4.78, 5) is 7.39. The van der Waals surface area contributed by atoms with Crippen molar-refractivity contribution in [2.75, 3.05) is 20.1 Å². The average molecular weight is 366 g/mol. The number of aliphatic imine (C=N–C) groups is 1. The molecule has 0 radical (unpaired) electrons. The lowest BCUT2D eigenvalue weighted by atomic mass is 10.1. The molecule has 3 N–H and O–H groups in total. The Balaban J connectivity index is 1.26. The quantitative estimate of drug-likeness (QED) is 0.481. The number of hydrogen-bond acceptors (Lipinski definition) is 2. The highest BCUT2D eigenvalue weighted by molar-refractivity contribution is 5.83. The van der Waals surface area contributed by atoms with Crippen molar-refractivity contribution < 1.29 is 9.13 Å². The van der Waals surface area contributed by atoms with E-state index in [2.05, 4.69) is 26.7 Å². The van der Waals surface area contributed by atoms with Gasteiger partial charge in [0, 0.05) is 37.1 Å². The van der Waals surface area contributed by atoms with Crippen LogP contribution in [0.5, 0.6) is 5.75 Å². The fourth-order valence-corrected chi connectivity index (χ4v) is 3.48. The monoisotopic (exact) mass is 366 g/mol. The number of ether oxygens (including phenoxy) is 1. The molecule has 27 heavy (non-hydrogen) atoms. The Morgan fingerprint density at radius 1 is 1.26 bits per heavy atom. The molecule has 4 rings (SSSR count). The van der Waals surface area contributed by atoms with Crippen LogP contribution in [0.1, 0.15) is 11.1 Å². The van der Waals surface area contributed by atoms with Gasteiger partial charge in [0.2, 0.25) is 0 Å². The van der Waals surface area contributed by atoms with Crippen molar-refractivity contribution in [2.45, 2.75) is 18.9 Å². The lowest BCUT2D eigenvalue weighted by Crippen LogP contribution is -2.42. The van der Waals surface area contributed by atoms with Gasteiger partial charge in [0.05, 0.1) is 6.54 Å². The van der Waals surface area contributed by atoms with Crippen LogP contribution in [0.25, 0.3) is 10.9 Å². The number of para-hydroxylation sites is 1. The first-order valence-electron chi connectivity index (χ1n) is 9.17. The predicted octanol–water partition coefficient (Wildman–Crippen LogP) is 3.02. The predicted molar refractivity (Wildman–Crippen MR) is 106 cm³/mol. The number of nitrogens with one attached hydrogen (secondary N) is 3. The molecule has 0 aliphatic carbocycles. The molecular weight excluding hydrogens is 343 g/mol. The Hall–Kier alpha value is -3.02. The highest BCUT2D eigenvalue weighted by Crippen LogP contribution is 2.27. The molecule has 5 nitrogen and oxygen atoms in total. The Morgan fingerprint density at radius 3 is 3.00 bits per heavy atom. The summed E-state index contributed by atoms with van der Waals surface area (Å²) < 4.78 is 19.2. The van der Waals surface area contributed by atoms with E-state index in [1.165, 1.54) is 17.7 Å². The number of nitrogens with zero attached hydrogens (tertiary/aromatic N) is 1. The maximum Gasteiger partial charge on any atom is 0.191 e. The topological polar surface area (TPSA) is 61.4 Å². The van der Waals surface area contributed by atoms with E-state index in [1.54, 1.807) is 7.05 Å². The zero-order valence-corrected chi connectivity index (χ0v) is 15.3. The van der Waals surface area contributed by atoms with E-state index < -0.39 is 0 Å². The van der Waals surface area contributed by atoms with Crippen molar-refractivity contribution in [3.8, 4) is 5.75 Å².